The van der Waals surface area contributed by atoms with E-state index in [1.54, 1.807) is 23.5 Å². The van der Waals surface area contributed by atoms with E-state index in [0.717, 1.165) is 17.7 Å². The van der Waals surface area contributed by atoms with Crippen molar-refractivity contribution >= 4 is 28.8 Å². The summed E-state index contributed by atoms with van der Waals surface area (Å²) in [5, 5.41) is 11.8. The molecule has 6 heteroatoms. The first kappa shape index (κ1) is 21.9. The molecule has 5 nitrogen and oxygen atoms in total. The van der Waals surface area contributed by atoms with Crippen molar-refractivity contribution in [2.24, 2.45) is 0 Å². The van der Waals surface area contributed by atoms with Crippen LogP contribution in [0, 0.1) is 0 Å². The van der Waals surface area contributed by atoms with Crippen LogP contribution in [0.5, 0.6) is 0 Å². The van der Waals surface area contributed by atoms with E-state index >= 15 is 0 Å². The highest BCUT2D eigenvalue weighted by Crippen LogP contribution is 2.33. The van der Waals surface area contributed by atoms with Gasteiger partial charge >= 0.3 is 0 Å². The van der Waals surface area contributed by atoms with Crippen molar-refractivity contribution in [1.82, 2.24) is 10.6 Å². The molecule has 170 valence electrons. The Morgan fingerprint density at radius 2 is 1.70 bits per heavy atom. The van der Waals surface area contributed by atoms with Crippen molar-refractivity contribution in [3.8, 4) is 0 Å². The lowest BCUT2D eigenvalue weighted by Gasteiger charge is -2.32. The Labute approximate surface area is 198 Å². The second-order valence-corrected chi connectivity index (χ2v) is 10.2. The molecule has 1 aromatic heterocycles. The molecule has 2 aliphatic rings. The molecule has 2 amide bonds. The highest BCUT2D eigenvalue weighted by atomic mass is 32.1. The maximum Gasteiger partial charge on any atom is 0.251 e. The lowest BCUT2D eigenvalue weighted by Crippen LogP contribution is -2.58. The van der Waals surface area contributed by atoms with Crippen LogP contribution in [0.4, 0.5) is 5.69 Å². The number of carbonyl (C=O) groups excluding carboxylic acids is 2. The van der Waals surface area contributed by atoms with Crippen molar-refractivity contribution in [2.75, 3.05) is 5.32 Å². The number of hydrogen-bond donors (Lipinski definition) is 3. The summed E-state index contributed by atoms with van der Waals surface area (Å²) in [5.41, 5.74) is 3.00. The van der Waals surface area contributed by atoms with Gasteiger partial charge in [-0.15, -0.1) is 11.3 Å². The highest BCUT2D eigenvalue weighted by Gasteiger charge is 2.45. The highest BCUT2D eigenvalue weighted by molar-refractivity contribution is 7.09. The van der Waals surface area contributed by atoms with Crippen LogP contribution in [0.25, 0.3) is 0 Å². The molecule has 3 aromatic rings. The summed E-state index contributed by atoms with van der Waals surface area (Å²) in [6, 6.07) is 19.9. The number of anilines is 1. The molecule has 33 heavy (non-hydrogen) atoms. The van der Waals surface area contributed by atoms with Crippen molar-refractivity contribution < 1.29 is 9.59 Å². The van der Waals surface area contributed by atoms with E-state index in [1.807, 2.05) is 41.8 Å². The summed E-state index contributed by atoms with van der Waals surface area (Å²) in [4.78, 5) is 27.4. The summed E-state index contributed by atoms with van der Waals surface area (Å²) in [6.07, 6.45) is 6.03. The van der Waals surface area contributed by atoms with Gasteiger partial charge in [0.25, 0.3) is 5.91 Å². The van der Waals surface area contributed by atoms with Crippen molar-refractivity contribution in [3.05, 3.63) is 87.6 Å². The largest absolute Gasteiger partial charge is 0.347 e. The minimum Gasteiger partial charge on any atom is -0.347 e. The summed E-state index contributed by atoms with van der Waals surface area (Å²) in [7, 11) is 0. The van der Waals surface area contributed by atoms with Crippen LogP contribution in [0.2, 0.25) is 0 Å². The number of rotatable bonds is 7. The first-order valence-corrected chi connectivity index (χ1v) is 12.6. The first-order chi connectivity index (χ1) is 16.1. The molecular weight excluding hydrogens is 430 g/mol. The third-order valence-electron chi connectivity index (χ3n) is 6.76. The van der Waals surface area contributed by atoms with Crippen molar-refractivity contribution in [3.63, 3.8) is 0 Å². The van der Waals surface area contributed by atoms with Gasteiger partial charge in [0.1, 0.15) is 5.54 Å². The molecule has 0 radical (unpaired) electrons. The molecule has 0 atom stereocenters. The third-order valence-corrected chi connectivity index (χ3v) is 7.64. The fraction of sp³-hybridized carbons (Fsp3) is 0.333. The van der Waals surface area contributed by atoms with Gasteiger partial charge in [-0.05, 0) is 53.6 Å². The number of benzene rings is 2. The number of nitrogens with one attached hydrogen (secondary N) is 3. The molecule has 1 saturated carbocycles. The van der Waals surface area contributed by atoms with E-state index in [9.17, 15) is 9.59 Å². The van der Waals surface area contributed by atoms with Gasteiger partial charge in [-0.2, -0.15) is 0 Å². The van der Waals surface area contributed by atoms with Crippen LogP contribution in [0.1, 0.15) is 52.0 Å². The standard InChI is InChI=1S/C27H29N3O2S/c31-25(28-18-24-13-6-14-33-24)19-9-5-12-23(15-19)29-26(32)27(30-22-10-3-4-11-22)16-20-7-1-2-8-21(20)17-27/h1-2,5-9,12-15,22,30H,3-4,10-11,16-18H2,(H,28,31)(H,29,32). The Balaban J connectivity index is 1.31. The molecule has 0 unspecified atom stereocenters. The predicted molar refractivity (Wildman–Crippen MR) is 133 cm³/mol. The number of amides is 2. The fourth-order valence-corrected chi connectivity index (χ4v) is 5.72. The van der Waals surface area contributed by atoms with E-state index in [2.05, 4.69) is 28.1 Å². The topological polar surface area (TPSA) is 70.2 Å². The van der Waals surface area contributed by atoms with Gasteiger partial charge < -0.3 is 10.6 Å². The number of thiophene rings is 1. The normalized spacial score (nSPS) is 17.0. The van der Waals surface area contributed by atoms with Crippen LogP contribution < -0.4 is 16.0 Å². The summed E-state index contributed by atoms with van der Waals surface area (Å²) in [6.45, 7) is 0.500. The van der Waals surface area contributed by atoms with Gasteiger partial charge in [-0.25, -0.2) is 0 Å². The van der Waals surface area contributed by atoms with E-state index in [0.29, 0.717) is 36.7 Å². The van der Waals surface area contributed by atoms with E-state index in [4.69, 9.17) is 0 Å². The lowest BCUT2D eigenvalue weighted by atomic mass is 9.92. The molecule has 3 N–H and O–H groups in total. The summed E-state index contributed by atoms with van der Waals surface area (Å²) in [5.74, 6) is -0.173. The van der Waals surface area contributed by atoms with Crippen LogP contribution in [-0.2, 0) is 24.2 Å². The maximum atomic E-state index is 13.7. The number of carbonyl (C=O) groups is 2. The Morgan fingerprint density at radius 3 is 2.39 bits per heavy atom. The zero-order valence-electron chi connectivity index (χ0n) is 18.6. The molecule has 1 fully saturated rings. The van der Waals surface area contributed by atoms with Gasteiger partial charge in [-0.1, -0.05) is 49.2 Å². The second kappa shape index (κ2) is 9.49. The maximum absolute atomic E-state index is 13.7. The smallest absolute Gasteiger partial charge is 0.251 e. The Morgan fingerprint density at radius 1 is 0.939 bits per heavy atom. The fourth-order valence-electron chi connectivity index (χ4n) is 5.08. The Kier molecular flexibility index (Phi) is 6.29. The zero-order chi connectivity index (χ0) is 22.7. The summed E-state index contributed by atoms with van der Waals surface area (Å²) < 4.78 is 0. The molecular formula is C27H29N3O2S. The molecule has 0 aliphatic heterocycles. The van der Waals surface area contributed by atoms with Crippen LogP contribution in [0.15, 0.2) is 66.0 Å². The molecule has 5 rings (SSSR count). The SMILES string of the molecule is O=C(NCc1cccs1)c1cccc(NC(=O)C2(NC3CCCC3)Cc3ccccc3C2)c1. The summed E-state index contributed by atoms with van der Waals surface area (Å²) >= 11 is 1.61. The Hall–Kier alpha value is -2.96. The monoisotopic (exact) mass is 459 g/mol. The molecule has 1 heterocycles. The average molecular weight is 460 g/mol. The van der Waals surface area contributed by atoms with Crippen molar-refractivity contribution in [2.45, 2.75) is 56.7 Å². The minimum absolute atomic E-state index is 0.0262. The van der Waals surface area contributed by atoms with Crippen LogP contribution >= 0.6 is 11.3 Å². The molecule has 0 spiro atoms. The van der Waals surface area contributed by atoms with Gasteiger partial charge in [0, 0.05) is 35.0 Å². The van der Waals surface area contributed by atoms with Crippen LogP contribution in [0.3, 0.4) is 0 Å². The van der Waals surface area contributed by atoms with E-state index in [-0.39, 0.29) is 11.8 Å². The van der Waals surface area contributed by atoms with E-state index < -0.39 is 5.54 Å². The van der Waals surface area contributed by atoms with Gasteiger partial charge in [-0.3, -0.25) is 14.9 Å². The minimum atomic E-state index is -0.657. The number of fused-ring (bicyclic) bond motifs is 1. The molecule has 0 bridgehead atoms. The Bertz CT molecular complexity index is 1110. The van der Waals surface area contributed by atoms with E-state index in [1.165, 1.54) is 24.0 Å². The van der Waals surface area contributed by atoms with Crippen molar-refractivity contribution in [1.29, 1.82) is 0 Å². The lowest BCUT2D eigenvalue weighted by molar-refractivity contribution is -0.122. The van der Waals surface area contributed by atoms with Gasteiger partial charge in [0.15, 0.2) is 0 Å². The second-order valence-electron chi connectivity index (χ2n) is 9.13. The third kappa shape index (κ3) is 4.87. The quantitative estimate of drug-likeness (QED) is 0.480. The van der Waals surface area contributed by atoms with Gasteiger partial charge in [0.2, 0.25) is 5.91 Å². The number of hydrogen-bond acceptors (Lipinski definition) is 4. The molecule has 2 aliphatic carbocycles. The first-order valence-electron chi connectivity index (χ1n) is 11.7. The predicted octanol–water partition coefficient (Wildman–Crippen LogP) is 4.69. The molecule has 0 saturated heterocycles. The zero-order valence-corrected chi connectivity index (χ0v) is 19.4. The average Bonchev–Trinajstić information content (AvgIpc) is 3.59. The van der Waals surface area contributed by atoms with Crippen LogP contribution in [-0.4, -0.2) is 23.4 Å². The van der Waals surface area contributed by atoms with Gasteiger partial charge in [0.05, 0.1) is 6.54 Å². The molecule has 2 aromatic carbocycles.